The maximum atomic E-state index is 12.7. The molecule has 1 aromatic rings. The zero-order valence-corrected chi connectivity index (χ0v) is 16.6. The number of amides is 1. The maximum Gasteiger partial charge on any atom is 0.236 e. The molecule has 1 fully saturated rings. The molecular weight excluding hydrogens is 326 g/mol. The summed E-state index contributed by atoms with van der Waals surface area (Å²) >= 11 is 0. The Kier molecular flexibility index (Phi) is 7.06. The van der Waals surface area contributed by atoms with E-state index < -0.39 is 0 Å². The summed E-state index contributed by atoms with van der Waals surface area (Å²) in [6.45, 7) is 9.62. The Morgan fingerprint density at radius 3 is 2.65 bits per heavy atom. The largest absolute Gasteiger partial charge is 0.342 e. The molecular formula is C20H35N5O. The molecule has 6 nitrogen and oxygen atoms in total. The molecule has 146 valence electrons. The Bertz CT molecular complexity index is 579. The van der Waals surface area contributed by atoms with Crippen molar-refractivity contribution in [1.29, 1.82) is 0 Å². The van der Waals surface area contributed by atoms with E-state index in [0.29, 0.717) is 12.5 Å². The number of rotatable bonds is 7. The smallest absolute Gasteiger partial charge is 0.236 e. The SMILES string of the molecule is CCCN(CCC)C(=O)CN1CCC[C@@H](c2nnc3n2CCCCC3)C1. The first-order chi connectivity index (χ1) is 12.7. The van der Waals surface area contributed by atoms with Gasteiger partial charge in [-0.05, 0) is 45.1 Å². The average molecular weight is 362 g/mol. The number of aryl methyl sites for hydroxylation is 1. The summed E-state index contributed by atoms with van der Waals surface area (Å²) in [5.74, 6) is 3.04. The van der Waals surface area contributed by atoms with Crippen LogP contribution < -0.4 is 0 Å². The molecule has 2 aliphatic rings. The third kappa shape index (κ3) is 4.64. The molecule has 0 N–H and O–H groups in total. The van der Waals surface area contributed by atoms with E-state index in [1.54, 1.807) is 0 Å². The van der Waals surface area contributed by atoms with Gasteiger partial charge >= 0.3 is 0 Å². The second kappa shape index (κ2) is 9.49. The zero-order chi connectivity index (χ0) is 18.4. The summed E-state index contributed by atoms with van der Waals surface area (Å²) in [5.41, 5.74) is 0. The highest BCUT2D eigenvalue weighted by Crippen LogP contribution is 2.28. The number of hydrogen-bond acceptors (Lipinski definition) is 4. The third-order valence-corrected chi connectivity index (χ3v) is 5.71. The molecule has 1 aromatic heterocycles. The van der Waals surface area contributed by atoms with E-state index in [0.717, 1.165) is 70.7 Å². The van der Waals surface area contributed by atoms with Crippen LogP contribution in [0.5, 0.6) is 0 Å². The van der Waals surface area contributed by atoms with Crippen LogP contribution in [0.1, 0.15) is 76.4 Å². The lowest BCUT2D eigenvalue weighted by atomic mass is 9.97. The van der Waals surface area contributed by atoms with Crippen LogP contribution in [-0.4, -0.2) is 63.2 Å². The van der Waals surface area contributed by atoms with Crippen LogP contribution in [0.15, 0.2) is 0 Å². The highest BCUT2D eigenvalue weighted by Gasteiger charge is 2.28. The standard InChI is InChI=1S/C20H35N5O/c1-3-11-24(12-4-2)19(26)16-23-13-8-9-17(15-23)20-22-21-18-10-6-5-7-14-25(18)20/h17H,3-16H2,1-2H3/t17-/m1/s1. The minimum atomic E-state index is 0.287. The van der Waals surface area contributed by atoms with Gasteiger partial charge in [0.1, 0.15) is 11.6 Å². The summed E-state index contributed by atoms with van der Waals surface area (Å²) in [4.78, 5) is 17.1. The predicted molar refractivity (Wildman–Crippen MR) is 103 cm³/mol. The number of nitrogens with zero attached hydrogens (tertiary/aromatic N) is 5. The number of likely N-dealkylation sites (tertiary alicyclic amines) is 1. The van der Waals surface area contributed by atoms with Crippen LogP contribution in [0.4, 0.5) is 0 Å². The van der Waals surface area contributed by atoms with Gasteiger partial charge < -0.3 is 9.47 Å². The topological polar surface area (TPSA) is 54.3 Å². The fourth-order valence-corrected chi connectivity index (χ4v) is 4.41. The molecule has 1 saturated heterocycles. The van der Waals surface area contributed by atoms with Crippen molar-refractivity contribution < 1.29 is 4.79 Å². The Hall–Kier alpha value is -1.43. The van der Waals surface area contributed by atoms with Crippen LogP contribution in [0, 0.1) is 0 Å². The van der Waals surface area contributed by atoms with Crippen LogP contribution in [0.2, 0.25) is 0 Å². The van der Waals surface area contributed by atoms with Crippen LogP contribution in [0.25, 0.3) is 0 Å². The summed E-state index contributed by atoms with van der Waals surface area (Å²) in [5, 5.41) is 9.04. The summed E-state index contributed by atoms with van der Waals surface area (Å²) < 4.78 is 2.38. The Morgan fingerprint density at radius 1 is 1.08 bits per heavy atom. The molecule has 1 amide bonds. The van der Waals surface area contributed by atoms with Crippen molar-refractivity contribution in [2.24, 2.45) is 0 Å². The zero-order valence-electron chi connectivity index (χ0n) is 16.6. The number of aromatic nitrogens is 3. The highest BCUT2D eigenvalue weighted by molar-refractivity contribution is 5.78. The fourth-order valence-electron chi connectivity index (χ4n) is 4.41. The van der Waals surface area contributed by atoms with Crippen molar-refractivity contribution in [1.82, 2.24) is 24.6 Å². The molecule has 6 heteroatoms. The van der Waals surface area contributed by atoms with Gasteiger partial charge in [0.25, 0.3) is 0 Å². The number of fused-ring (bicyclic) bond motifs is 1. The Labute approximate surface area is 157 Å². The normalized spacial score (nSPS) is 21.2. The minimum Gasteiger partial charge on any atom is -0.342 e. The quantitative estimate of drug-likeness (QED) is 0.749. The number of carbonyl (C=O) groups excluding carboxylic acids is 1. The molecule has 0 bridgehead atoms. The van der Waals surface area contributed by atoms with Gasteiger partial charge in [-0.2, -0.15) is 0 Å². The van der Waals surface area contributed by atoms with E-state index >= 15 is 0 Å². The van der Waals surface area contributed by atoms with E-state index in [1.807, 2.05) is 4.90 Å². The van der Waals surface area contributed by atoms with Gasteiger partial charge in [0, 0.05) is 38.5 Å². The molecule has 3 heterocycles. The van der Waals surface area contributed by atoms with Crippen molar-refractivity contribution in [3.05, 3.63) is 11.6 Å². The predicted octanol–water partition coefficient (Wildman–Crippen LogP) is 2.83. The molecule has 26 heavy (non-hydrogen) atoms. The molecule has 0 saturated carbocycles. The van der Waals surface area contributed by atoms with E-state index in [-0.39, 0.29) is 5.91 Å². The first kappa shape index (κ1) is 19.3. The highest BCUT2D eigenvalue weighted by atomic mass is 16.2. The maximum absolute atomic E-state index is 12.7. The van der Waals surface area contributed by atoms with Crippen LogP contribution >= 0.6 is 0 Å². The van der Waals surface area contributed by atoms with Crippen LogP contribution in [0.3, 0.4) is 0 Å². The molecule has 2 aliphatic heterocycles. The first-order valence-electron chi connectivity index (χ1n) is 10.6. The van der Waals surface area contributed by atoms with Crippen molar-refractivity contribution in [3.8, 4) is 0 Å². The van der Waals surface area contributed by atoms with Gasteiger partial charge in [-0.25, -0.2) is 0 Å². The first-order valence-corrected chi connectivity index (χ1v) is 10.6. The molecule has 0 spiro atoms. The Morgan fingerprint density at radius 2 is 1.88 bits per heavy atom. The second-order valence-corrected chi connectivity index (χ2v) is 7.89. The van der Waals surface area contributed by atoms with E-state index in [4.69, 9.17) is 0 Å². The monoisotopic (exact) mass is 361 g/mol. The lowest BCUT2D eigenvalue weighted by Crippen LogP contribution is -2.44. The van der Waals surface area contributed by atoms with Crippen molar-refractivity contribution >= 4 is 5.91 Å². The second-order valence-electron chi connectivity index (χ2n) is 7.89. The van der Waals surface area contributed by atoms with Crippen molar-refractivity contribution in [3.63, 3.8) is 0 Å². The molecule has 0 unspecified atom stereocenters. The molecule has 0 aromatic carbocycles. The van der Waals surface area contributed by atoms with Gasteiger partial charge in [0.15, 0.2) is 0 Å². The van der Waals surface area contributed by atoms with Crippen molar-refractivity contribution in [2.75, 3.05) is 32.7 Å². The third-order valence-electron chi connectivity index (χ3n) is 5.71. The Balaban J connectivity index is 1.62. The molecule has 1 atom stereocenters. The number of carbonyl (C=O) groups is 1. The summed E-state index contributed by atoms with van der Waals surface area (Å²) in [7, 11) is 0. The summed E-state index contributed by atoms with van der Waals surface area (Å²) in [6.07, 6.45) is 9.17. The van der Waals surface area contributed by atoms with Gasteiger partial charge in [-0.15, -0.1) is 10.2 Å². The lowest BCUT2D eigenvalue weighted by molar-refractivity contribution is -0.132. The molecule has 0 radical (unpaired) electrons. The van der Waals surface area contributed by atoms with Gasteiger partial charge in [0.05, 0.1) is 6.54 Å². The van der Waals surface area contributed by atoms with Gasteiger partial charge in [-0.1, -0.05) is 20.3 Å². The van der Waals surface area contributed by atoms with Gasteiger partial charge in [0.2, 0.25) is 5.91 Å². The van der Waals surface area contributed by atoms with Crippen LogP contribution in [-0.2, 0) is 17.8 Å². The number of piperidine rings is 1. The number of hydrogen-bond donors (Lipinski definition) is 0. The molecule has 3 rings (SSSR count). The molecule has 0 aliphatic carbocycles. The average Bonchev–Trinajstić information content (AvgIpc) is 2.90. The van der Waals surface area contributed by atoms with E-state index in [1.165, 1.54) is 25.1 Å². The fraction of sp³-hybridized carbons (Fsp3) is 0.850. The summed E-state index contributed by atoms with van der Waals surface area (Å²) in [6, 6.07) is 0. The minimum absolute atomic E-state index is 0.287. The lowest BCUT2D eigenvalue weighted by Gasteiger charge is -2.33. The van der Waals surface area contributed by atoms with Crippen molar-refractivity contribution in [2.45, 2.75) is 77.7 Å². The van der Waals surface area contributed by atoms with Gasteiger partial charge in [-0.3, -0.25) is 9.69 Å². The van der Waals surface area contributed by atoms with E-state index in [2.05, 4.69) is 33.5 Å². The van der Waals surface area contributed by atoms with E-state index in [9.17, 15) is 4.79 Å².